The second-order valence-corrected chi connectivity index (χ2v) is 12.5. The normalized spacial score (nSPS) is 27.8. The first kappa shape index (κ1) is 27.6. The number of aliphatic hydroxyl groups is 2. The van der Waals surface area contributed by atoms with Crippen LogP contribution in [0.25, 0.3) is 0 Å². The molecule has 2 aliphatic carbocycles. The Labute approximate surface area is 236 Å². The molecule has 5 unspecified atom stereocenters. The third-order valence-corrected chi connectivity index (χ3v) is 9.92. The molecule has 4 N–H and O–H groups in total. The number of carbonyl (C=O) groups is 2. The van der Waals surface area contributed by atoms with Crippen LogP contribution in [0.2, 0.25) is 5.15 Å². The number of fused-ring (bicyclic) bond motifs is 2. The first-order chi connectivity index (χ1) is 18.6. The van der Waals surface area contributed by atoms with E-state index in [0.29, 0.717) is 36.5 Å². The molecule has 0 aromatic carbocycles. The Hall–Kier alpha value is -2.92. The molecule has 9 nitrogen and oxygen atoms in total. The quantitative estimate of drug-likeness (QED) is 0.316. The zero-order valence-corrected chi connectivity index (χ0v) is 23.4. The fraction of sp³-hybridized carbons (Fsp3) is 0.464. The third kappa shape index (κ3) is 5.30. The molecule has 2 aliphatic rings. The smallest absolute Gasteiger partial charge is 0.257 e. The maximum absolute atomic E-state index is 13.3. The monoisotopic (exact) mass is 569 g/mol. The molecule has 0 aliphatic heterocycles. The summed E-state index contributed by atoms with van der Waals surface area (Å²) in [4.78, 5) is 40.0. The van der Waals surface area contributed by atoms with Gasteiger partial charge in [0.05, 0.1) is 18.4 Å². The van der Waals surface area contributed by atoms with Gasteiger partial charge >= 0.3 is 0 Å². The first-order valence-electron chi connectivity index (χ1n) is 13.0. The van der Waals surface area contributed by atoms with E-state index in [1.807, 2.05) is 19.1 Å². The highest BCUT2D eigenvalue weighted by atomic mass is 35.5. The largest absolute Gasteiger partial charge is 0.396 e. The molecule has 11 heteroatoms. The highest BCUT2D eigenvalue weighted by Gasteiger charge is 2.59. The molecule has 0 spiro atoms. The van der Waals surface area contributed by atoms with E-state index in [1.165, 1.54) is 23.6 Å². The molecule has 3 aromatic rings. The molecule has 3 heterocycles. The number of halogens is 1. The number of nitrogens with one attached hydrogen (secondary N) is 2. The molecular weight excluding hydrogens is 538 g/mol. The van der Waals surface area contributed by atoms with Crippen molar-refractivity contribution in [3.63, 3.8) is 0 Å². The predicted octanol–water partition coefficient (Wildman–Crippen LogP) is 3.96. The van der Waals surface area contributed by atoms with Crippen LogP contribution in [0.4, 0.5) is 5.13 Å². The van der Waals surface area contributed by atoms with E-state index in [-0.39, 0.29) is 47.2 Å². The van der Waals surface area contributed by atoms with E-state index < -0.39 is 11.5 Å². The van der Waals surface area contributed by atoms with Gasteiger partial charge < -0.3 is 15.5 Å². The van der Waals surface area contributed by atoms with Crippen LogP contribution in [-0.4, -0.2) is 49.7 Å². The third-order valence-electron chi connectivity index (χ3n) is 8.70. The van der Waals surface area contributed by atoms with Gasteiger partial charge in [-0.2, -0.15) is 0 Å². The SMILES string of the molecule is CC1(CO)C(O)CCC2(C)C(CC(=O)NCc3cccnc3)c3nc(NC(=O)c4ccnc(Cl)c4)sc3CC12. The number of anilines is 1. The number of hydrogen-bond donors (Lipinski definition) is 4. The number of pyridine rings is 2. The summed E-state index contributed by atoms with van der Waals surface area (Å²) in [7, 11) is 0. The highest BCUT2D eigenvalue weighted by molar-refractivity contribution is 7.15. The van der Waals surface area contributed by atoms with Crippen LogP contribution in [0.5, 0.6) is 0 Å². The first-order valence-corrected chi connectivity index (χ1v) is 14.2. The zero-order chi connectivity index (χ0) is 27.8. The van der Waals surface area contributed by atoms with Gasteiger partial charge in [-0.3, -0.25) is 19.9 Å². The second kappa shape index (κ2) is 10.9. The Balaban J connectivity index is 1.45. The van der Waals surface area contributed by atoms with Crippen LogP contribution in [0.1, 0.15) is 65.5 Å². The Morgan fingerprint density at radius 2 is 2.08 bits per heavy atom. The summed E-state index contributed by atoms with van der Waals surface area (Å²) in [5.41, 5.74) is 0.962. The maximum Gasteiger partial charge on any atom is 0.257 e. The summed E-state index contributed by atoms with van der Waals surface area (Å²) in [5, 5.41) is 27.9. The van der Waals surface area contributed by atoms with Gasteiger partial charge in [-0.25, -0.2) is 9.97 Å². The van der Waals surface area contributed by atoms with Crippen molar-refractivity contribution in [3.05, 3.63) is 69.7 Å². The predicted molar refractivity (Wildman–Crippen MR) is 148 cm³/mol. The summed E-state index contributed by atoms with van der Waals surface area (Å²) in [6.45, 7) is 4.29. The number of rotatable bonds is 7. The minimum absolute atomic E-state index is 0.0784. The molecule has 39 heavy (non-hydrogen) atoms. The maximum atomic E-state index is 13.3. The van der Waals surface area contributed by atoms with Crippen molar-refractivity contribution in [1.29, 1.82) is 0 Å². The Morgan fingerprint density at radius 1 is 1.26 bits per heavy atom. The highest BCUT2D eigenvalue weighted by Crippen LogP contribution is 2.62. The Morgan fingerprint density at radius 3 is 2.79 bits per heavy atom. The van der Waals surface area contributed by atoms with Gasteiger partial charge in [-0.1, -0.05) is 31.5 Å². The van der Waals surface area contributed by atoms with Crippen LogP contribution in [0.15, 0.2) is 42.9 Å². The van der Waals surface area contributed by atoms with Gasteiger partial charge in [0.2, 0.25) is 5.91 Å². The van der Waals surface area contributed by atoms with Gasteiger partial charge in [-0.05, 0) is 54.4 Å². The van der Waals surface area contributed by atoms with Crippen LogP contribution in [0.3, 0.4) is 0 Å². The summed E-state index contributed by atoms with van der Waals surface area (Å²) in [5.74, 6) is -0.796. The number of nitrogens with zero attached hydrogens (tertiary/aromatic N) is 3. The van der Waals surface area contributed by atoms with Crippen molar-refractivity contribution >= 4 is 39.9 Å². The molecule has 0 radical (unpaired) electrons. The van der Waals surface area contributed by atoms with Crippen molar-refractivity contribution in [2.24, 2.45) is 16.7 Å². The molecule has 1 fully saturated rings. The Kier molecular flexibility index (Phi) is 7.74. The van der Waals surface area contributed by atoms with E-state index >= 15 is 0 Å². The molecular formula is C28H32ClN5O4S. The lowest BCUT2D eigenvalue weighted by Crippen LogP contribution is -2.57. The van der Waals surface area contributed by atoms with Gasteiger partial charge in [0.1, 0.15) is 5.15 Å². The van der Waals surface area contributed by atoms with E-state index in [1.54, 1.807) is 18.5 Å². The van der Waals surface area contributed by atoms with E-state index in [9.17, 15) is 19.8 Å². The molecule has 2 amide bonds. The van der Waals surface area contributed by atoms with Crippen LogP contribution in [0, 0.1) is 16.7 Å². The number of hydrogen-bond acceptors (Lipinski definition) is 8. The lowest BCUT2D eigenvalue weighted by molar-refractivity contribution is -0.144. The number of aliphatic hydroxyl groups excluding tert-OH is 2. The topological polar surface area (TPSA) is 137 Å². The van der Waals surface area contributed by atoms with Crippen molar-refractivity contribution < 1.29 is 19.8 Å². The second-order valence-electron chi connectivity index (χ2n) is 11.0. The molecule has 5 rings (SSSR count). The number of aromatic nitrogens is 3. The molecule has 3 aromatic heterocycles. The fourth-order valence-corrected chi connectivity index (χ4v) is 7.61. The lowest BCUT2D eigenvalue weighted by Gasteiger charge is -2.58. The zero-order valence-electron chi connectivity index (χ0n) is 21.9. The number of amides is 2. The summed E-state index contributed by atoms with van der Waals surface area (Å²) in [6, 6.07) is 6.80. The van der Waals surface area contributed by atoms with E-state index in [2.05, 4.69) is 27.5 Å². The van der Waals surface area contributed by atoms with Crippen LogP contribution in [-0.2, 0) is 17.8 Å². The molecule has 1 saturated carbocycles. The van der Waals surface area contributed by atoms with Crippen molar-refractivity contribution in [2.45, 2.75) is 58.1 Å². The average molecular weight is 570 g/mol. The van der Waals surface area contributed by atoms with E-state index in [4.69, 9.17) is 16.6 Å². The molecule has 5 atom stereocenters. The summed E-state index contributed by atoms with van der Waals surface area (Å²) >= 11 is 7.33. The van der Waals surface area contributed by atoms with Gasteiger partial charge in [0.25, 0.3) is 5.91 Å². The van der Waals surface area contributed by atoms with Gasteiger partial charge in [-0.15, -0.1) is 11.3 Å². The number of carbonyl (C=O) groups excluding carboxylic acids is 2. The number of thiazole rings is 1. The average Bonchev–Trinajstić information content (AvgIpc) is 3.33. The standard InChI is InChI=1S/C28H32ClN5O4S/c1-27-7-5-21(36)28(2,15-35)20(27)12-19-24(18(27)11-23(37)32-14-16-4-3-8-30-13-16)33-26(39-19)34-25(38)17-6-9-31-22(29)10-17/h3-4,6,8-10,13,18,20-21,35-36H,5,7,11-12,14-15H2,1-2H3,(H,32,37)(H,33,34,38). The van der Waals surface area contributed by atoms with Crippen molar-refractivity contribution in [2.75, 3.05) is 11.9 Å². The van der Waals surface area contributed by atoms with Crippen molar-refractivity contribution in [1.82, 2.24) is 20.3 Å². The summed E-state index contributed by atoms with van der Waals surface area (Å²) < 4.78 is 0. The van der Waals surface area contributed by atoms with Gasteiger partial charge in [0.15, 0.2) is 5.13 Å². The Bertz CT molecular complexity index is 1370. The molecule has 206 valence electrons. The van der Waals surface area contributed by atoms with Crippen LogP contribution < -0.4 is 10.6 Å². The van der Waals surface area contributed by atoms with E-state index in [0.717, 1.165) is 16.1 Å². The summed E-state index contributed by atoms with van der Waals surface area (Å²) in [6.07, 6.45) is 6.26. The van der Waals surface area contributed by atoms with Crippen molar-refractivity contribution in [3.8, 4) is 0 Å². The molecule has 0 saturated heterocycles. The van der Waals surface area contributed by atoms with Crippen LogP contribution >= 0.6 is 22.9 Å². The minimum Gasteiger partial charge on any atom is -0.396 e. The molecule has 0 bridgehead atoms. The fourth-order valence-electron chi connectivity index (χ4n) is 6.37. The lowest BCUT2D eigenvalue weighted by atomic mass is 9.47. The van der Waals surface area contributed by atoms with Gasteiger partial charge in [0, 0.05) is 53.3 Å². The minimum atomic E-state index is -0.726.